The first-order chi connectivity index (χ1) is 10.2. The number of nitrogens with zero attached hydrogens (tertiary/aromatic N) is 1. The molecule has 1 fully saturated rings. The van der Waals surface area contributed by atoms with Gasteiger partial charge in [0.15, 0.2) is 0 Å². The van der Waals surface area contributed by atoms with Crippen molar-refractivity contribution in [3.05, 3.63) is 30.0 Å². The summed E-state index contributed by atoms with van der Waals surface area (Å²) < 4.78 is 5.48. The number of aliphatic carboxylic acids is 1. The fraction of sp³-hybridized carbons (Fsp3) is 0.438. The normalized spacial score (nSPS) is 17.2. The second kappa shape index (κ2) is 5.77. The summed E-state index contributed by atoms with van der Waals surface area (Å²) in [6.07, 6.45) is 4.04. The molecule has 0 spiro atoms. The minimum absolute atomic E-state index is 0.143. The number of carboxylic acid groups (broad SMARTS) is 1. The van der Waals surface area contributed by atoms with Crippen LogP contribution in [-0.2, 0) is 4.79 Å². The first-order valence-corrected chi connectivity index (χ1v) is 7.27. The van der Waals surface area contributed by atoms with E-state index in [1.165, 1.54) is 5.56 Å². The Hall–Kier alpha value is -2.01. The molecule has 1 aliphatic rings. The Bertz CT molecular complexity index is 642. The van der Waals surface area contributed by atoms with E-state index in [9.17, 15) is 4.79 Å². The van der Waals surface area contributed by atoms with Crippen LogP contribution in [0.2, 0.25) is 0 Å². The molecule has 0 atom stereocenters. The molecule has 5 heteroatoms. The van der Waals surface area contributed by atoms with Gasteiger partial charge in [0, 0.05) is 17.1 Å². The van der Waals surface area contributed by atoms with Crippen LogP contribution in [0.1, 0.15) is 24.3 Å². The number of likely N-dealkylation sites (tertiary alicyclic amines) is 1. The van der Waals surface area contributed by atoms with Crippen LogP contribution in [0.15, 0.2) is 24.4 Å². The standard InChI is InChI=1S/C16H20N2O3/c1-21-14-4-2-3-13-16(14)12(9-17-13)11-5-7-18(8-6-11)10-15(19)20/h2-4,9,11,17H,5-8,10H2,1H3,(H,19,20). The minimum atomic E-state index is -0.748. The number of aromatic nitrogens is 1. The van der Waals surface area contributed by atoms with E-state index in [4.69, 9.17) is 9.84 Å². The summed E-state index contributed by atoms with van der Waals surface area (Å²) in [6.45, 7) is 1.81. The Balaban J connectivity index is 1.81. The molecule has 5 nitrogen and oxygen atoms in total. The number of H-pyrrole nitrogens is 1. The summed E-state index contributed by atoms with van der Waals surface area (Å²) in [5, 5.41) is 10.0. The quantitative estimate of drug-likeness (QED) is 0.907. The molecule has 21 heavy (non-hydrogen) atoms. The number of carbonyl (C=O) groups is 1. The second-order valence-electron chi connectivity index (χ2n) is 5.57. The first kappa shape index (κ1) is 13.9. The Morgan fingerprint density at radius 2 is 2.19 bits per heavy atom. The van der Waals surface area contributed by atoms with Crippen LogP contribution < -0.4 is 4.74 Å². The van der Waals surface area contributed by atoms with Gasteiger partial charge in [0.25, 0.3) is 0 Å². The van der Waals surface area contributed by atoms with E-state index in [1.54, 1.807) is 7.11 Å². The molecule has 1 aliphatic heterocycles. The Morgan fingerprint density at radius 3 is 2.86 bits per heavy atom. The molecule has 0 saturated carbocycles. The van der Waals surface area contributed by atoms with Crippen molar-refractivity contribution in [2.75, 3.05) is 26.7 Å². The molecular formula is C16H20N2O3. The predicted molar refractivity (Wildman–Crippen MR) is 80.9 cm³/mol. The SMILES string of the molecule is COc1cccc2[nH]cc(C3CCN(CC(=O)O)CC3)c12. The third kappa shape index (κ3) is 2.74. The summed E-state index contributed by atoms with van der Waals surface area (Å²) in [5.74, 6) is 0.610. The molecule has 0 bridgehead atoms. The van der Waals surface area contributed by atoms with Gasteiger partial charge in [-0.25, -0.2) is 0 Å². The lowest BCUT2D eigenvalue weighted by Gasteiger charge is -2.30. The number of nitrogens with one attached hydrogen (secondary N) is 1. The van der Waals surface area contributed by atoms with E-state index in [1.807, 2.05) is 17.0 Å². The first-order valence-electron chi connectivity index (χ1n) is 7.27. The van der Waals surface area contributed by atoms with Crippen molar-refractivity contribution in [1.29, 1.82) is 0 Å². The van der Waals surface area contributed by atoms with Gasteiger partial charge in [0.2, 0.25) is 0 Å². The van der Waals surface area contributed by atoms with Crippen molar-refractivity contribution in [1.82, 2.24) is 9.88 Å². The van der Waals surface area contributed by atoms with Crippen molar-refractivity contribution < 1.29 is 14.6 Å². The van der Waals surface area contributed by atoms with Gasteiger partial charge in [0.05, 0.1) is 13.7 Å². The van der Waals surface area contributed by atoms with Crippen molar-refractivity contribution in [2.45, 2.75) is 18.8 Å². The van der Waals surface area contributed by atoms with Crippen molar-refractivity contribution in [3.63, 3.8) is 0 Å². The maximum absolute atomic E-state index is 10.8. The highest BCUT2D eigenvalue weighted by atomic mass is 16.5. The zero-order valence-corrected chi connectivity index (χ0v) is 12.1. The molecule has 2 aromatic rings. The molecule has 112 valence electrons. The number of methoxy groups -OCH3 is 1. The molecule has 1 aromatic heterocycles. The summed E-state index contributed by atoms with van der Waals surface area (Å²) in [5.41, 5.74) is 2.38. The molecule has 2 N–H and O–H groups in total. The number of aromatic amines is 1. The summed E-state index contributed by atoms with van der Waals surface area (Å²) in [4.78, 5) is 16.1. The summed E-state index contributed by atoms with van der Waals surface area (Å²) >= 11 is 0. The van der Waals surface area contributed by atoms with Gasteiger partial charge in [-0.2, -0.15) is 0 Å². The van der Waals surface area contributed by atoms with E-state index in [0.717, 1.165) is 42.6 Å². The maximum atomic E-state index is 10.8. The van der Waals surface area contributed by atoms with Gasteiger partial charge in [-0.15, -0.1) is 0 Å². The molecule has 0 aliphatic carbocycles. The number of hydrogen-bond acceptors (Lipinski definition) is 3. The Kier molecular flexibility index (Phi) is 3.84. The van der Waals surface area contributed by atoms with E-state index in [-0.39, 0.29) is 6.54 Å². The lowest BCUT2D eigenvalue weighted by atomic mass is 9.89. The molecule has 1 saturated heterocycles. The summed E-state index contributed by atoms with van der Waals surface area (Å²) in [7, 11) is 1.70. The van der Waals surface area contributed by atoms with Gasteiger partial charge in [-0.3, -0.25) is 9.69 Å². The van der Waals surface area contributed by atoms with Crippen LogP contribution >= 0.6 is 0 Å². The van der Waals surface area contributed by atoms with Crippen molar-refractivity contribution >= 4 is 16.9 Å². The van der Waals surface area contributed by atoms with Crippen LogP contribution in [0.5, 0.6) is 5.75 Å². The molecule has 3 rings (SSSR count). The van der Waals surface area contributed by atoms with Gasteiger partial charge < -0.3 is 14.8 Å². The van der Waals surface area contributed by atoms with Gasteiger partial charge in [0.1, 0.15) is 5.75 Å². The van der Waals surface area contributed by atoms with E-state index in [2.05, 4.69) is 17.2 Å². The van der Waals surface area contributed by atoms with Crippen LogP contribution in [0, 0.1) is 0 Å². The molecule has 0 amide bonds. The molecule has 0 unspecified atom stereocenters. The number of carboxylic acids is 1. The highest BCUT2D eigenvalue weighted by Crippen LogP contribution is 2.37. The number of benzene rings is 1. The number of fused-ring (bicyclic) bond motifs is 1. The van der Waals surface area contributed by atoms with Crippen LogP contribution in [0.4, 0.5) is 0 Å². The third-order valence-corrected chi connectivity index (χ3v) is 4.30. The van der Waals surface area contributed by atoms with E-state index in [0.29, 0.717) is 5.92 Å². The molecule has 2 heterocycles. The lowest BCUT2D eigenvalue weighted by Crippen LogP contribution is -2.36. The lowest BCUT2D eigenvalue weighted by molar-refractivity contribution is -0.138. The molecule has 0 radical (unpaired) electrons. The predicted octanol–water partition coefficient (Wildman–Crippen LogP) is 2.44. The number of piperidine rings is 1. The average Bonchev–Trinajstić information content (AvgIpc) is 2.91. The van der Waals surface area contributed by atoms with E-state index < -0.39 is 5.97 Å². The number of rotatable bonds is 4. The maximum Gasteiger partial charge on any atom is 0.317 e. The monoisotopic (exact) mass is 288 g/mol. The van der Waals surface area contributed by atoms with Crippen molar-refractivity contribution in [3.8, 4) is 5.75 Å². The largest absolute Gasteiger partial charge is 0.496 e. The second-order valence-corrected chi connectivity index (χ2v) is 5.57. The van der Waals surface area contributed by atoms with E-state index >= 15 is 0 Å². The third-order valence-electron chi connectivity index (χ3n) is 4.30. The highest BCUT2D eigenvalue weighted by molar-refractivity contribution is 5.89. The fourth-order valence-corrected chi connectivity index (χ4v) is 3.26. The Labute approximate surface area is 123 Å². The Morgan fingerprint density at radius 1 is 1.43 bits per heavy atom. The van der Waals surface area contributed by atoms with Crippen LogP contribution in [0.25, 0.3) is 10.9 Å². The molecule has 1 aromatic carbocycles. The smallest absolute Gasteiger partial charge is 0.317 e. The molecular weight excluding hydrogens is 268 g/mol. The van der Waals surface area contributed by atoms with Gasteiger partial charge in [-0.05, 0) is 49.5 Å². The van der Waals surface area contributed by atoms with Gasteiger partial charge in [-0.1, -0.05) is 6.07 Å². The zero-order valence-electron chi connectivity index (χ0n) is 12.1. The van der Waals surface area contributed by atoms with Crippen LogP contribution in [-0.4, -0.2) is 47.7 Å². The summed E-state index contributed by atoms with van der Waals surface area (Å²) in [6, 6.07) is 6.02. The van der Waals surface area contributed by atoms with Crippen LogP contribution in [0.3, 0.4) is 0 Å². The van der Waals surface area contributed by atoms with Crippen molar-refractivity contribution in [2.24, 2.45) is 0 Å². The number of hydrogen-bond donors (Lipinski definition) is 2. The fourth-order valence-electron chi connectivity index (χ4n) is 3.26. The minimum Gasteiger partial charge on any atom is -0.496 e. The zero-order chi connectivity index (χ0) is 14.8. The average molecular weight is 288 g/mol. The highest BCUT2D eigenvalue weighted by Gasteiger charge is 2.24. The topological polar surface area (TPSA) is 65.6 Å². The van der Waals surface area contributed by atoms with Gasteiger partial charge >= 0.3 is 5.97 Å². The number of ether oxygens (including phenoxy) is 1.